The van der Waals surface area contributed by atoms with E-state index < -0.39 is 0 Å². The summed E-state index contributed by atoms with van der Waals surface area (Å²) in [5, 5.41) is 12.0. The van der Waals surface area contributed by atoms with E-state index in [9.17, 15) is 0 Å². The molecule has 0 aliphatic rings. The van der Waals surface area contributed by atoms with Gasteiger partial charge in [-0.2, -0.15) is 5.26 Å². The molecule has 0 fully saturated rings. The molecule has 0 aliphatic carbocycles. The molecule has 3 rings (SSSR count). The van der Waals surface area contributed by atoms with Gasteiger partial charge >= 0.3 is 0 Å². The molecule has 1 N–H and O–H groups in total. The van der Waals surface area contributed by atoms with Crippen LogP contribution in [0.15, 0.2) is 29.8 Å². The molecule has 6 heteroatoms. The maximum atomic E-state index is 8.97. The van der Waals surface area contributed by atoms with Crippen molar-refractivity contribution in [1.29, 1.82) is 5.26 Å². The lowest BCUT2D eigenvalue weighted by atomic mass is 10.2. The Morgan fingerprint density at radius 1 is 1.47 bits per heavy atom. The van der Waals surface area contributed by atoms with Gasteiger partial charge in [-0.3, -0.25) is 0 Å². The van der Waals surface area contributed by atoms with Crippen molar-refractivity contribution < 1.29 is 0 Å². The van der Waals surface area contributed by atoms with Crippen LogP contribution in [0.1, 0.15) is 10.6 Å². The van der Waals surface area contributed by atoms with Gasteiger partial charge in [-0.25, -0.2) is 4.98 Å². The summed E-state index contributed by atoms with van der Waals surface area (Å²) in [6, 6.07) is 7.70. The van der Waals surface area contributed by atoms with E-state index in [2.05, 4.69) is 16.0 Å². The predicted molar refractivity (Wildman–Crippen MR) is 77.7 cm³/mol. The fourth-order valence-electron chi connectivity index (χ4n) is 2.03. The van der Waals surface area contributed by atoms with Crippen LogP contribution in [0.5, 0.6) is 0 Å². The maximum Gasteiger partial charge on any atom is 0.178 e. The number of nitrogens with zero attached hydrogens (tertiary/aromatic N) is 3. The van der Waals surface area contributed by atoms with E-state index in [1.807, 2.05) is 28.3 Å². The molecule has 0 unspecified atom stereocenters. The van der Waals surface area contributed by atoms with Gasteiger partial charge in [0.25, 0.3) is 0 Å². The smallest absolute Gasteiger partial charge is 0.178 e. The van der Waals surface area contributed by atoms with Gasteiger partial charge in [0, 0.05) is 24.5 Å². The lowest BCUT2D eigenvalue weighted by Gasteiger charge is -2.02. The third-order valence-electron chi connectivity index (χ3n) is 2.94. The van der Waals surface area contributed by atoms with Gasteiger partial charge in [0.15, 0.2) is 4.77 Å². The van der Waals surface area contributed by atoms with Gasteiger partial charge < -0.3 is 9.55 Å². The number of fused-ring (bicyclic) bond motifs is 1. The van der Waals surface area contributed by atoms with Crippen LogP contribution in [0, 0.1) is 16.1 Å². The van der Waals surface area contributed by atoms with Crippen LogP contribution in [0.3, 0.4) is 0 Å². The molecule has 0 saturated carbocycles. The minimum atomic E-state index is 0.643. The van der Waals surface area contributed by atoms with E-state index >= 15 is 0 Å². The molecule has 2 aromatic heterocycles. The zero-order chi connectivity index (χ0) is 13.2. The van der Waals surface area contributed by atoms with E-state index in [1.54, 1.807) is 17.4 Å². The number of benzene rings is 1. The van der Waals surface area contributed by atoms with Crippen molar-refractivity contribution in [2.45, 2.75) is 13.0 Å². The Hall–Kier alpha value is -1.97. The third-order valence-corrected chi connectivity index (χ3v) is 4.10. The SMILES string of the molecule is N#Cc1ccc2[nH]c(=S)n(CCc3nccs3)c2c1. The maximum absolute atomic E-state index is 8.97. The molecule has 0 saturated heterocycles. The number of aryl methyl sites for hydroxylation is 2. The van der Waals surface area contributed by atoms with Crippen LogP contribution in [0.4, 0.5) is 0 Å². The largest absolute Gasteiger partial charge is 0.331 e. The van der Waals surface area contributed by atoms with Crippen molar-refractivity contribution in [3.8, 4) is 6.07 Å². The second-order valence-corrected chi connectivity index (χ2v) is 5.47. The first-order valence-electron chi connectivity index (χ1n) is 5.79. The normalized spacial score (nSPS) is 10.7. The molecular formula is C13H10N4S2. The Morgan fingerprint density at radius 3 is 3.11 bits per heavy atom. The van der Waals surface area contributed by atoms with Crippen LogP contribution in [0.2, 0.25) is 0 Å². The highest BCUT2D eigenvalue weighted by atomic mass is 32.1. The number of aromatic nitrogens is 3. The second-order valence-electron chi connectivity index (χ2n) is 4.10. The Labute approximate surface area is 119 Å². The molecule has 19 heavy (non-hydrogen) atoms. The summed E-state index contributed by atoms with van der Waals surface area (Å²) in [4.78, 5) is 7.43. The van der Waals surface area contributed by atoms with E-state index in [0.717, 1.165) is 29.0 Å². The quantitative estimate of drug-likeness (QED) is 0.752. The lowest BCUT2D eigenvalue weighted by molar-refractivity contribution is 0.703. The summed E-state index contributed by atoms with van der Waals surface area (Å²) in [6.45, 7) is 0.765. The monoisotopic (exact) mass is 286 g/mol. The number of aromatic amines is 1. The van der Waals surface area contributed by atoms with Crippen LogP contribution < -0.4 is 0 Å². The van der Waals surface area contributed by atoms with Gasteiger partial charge in [0.05, 0.1) is 27.7 Å². The van der Waals surface area contributed by atoms with Crippen molar-refractivity contribution in [1.82, 2.24) is 14.5 Å². The van der Waals surface area contributed by atoms with Crippen LogP contribution >= 0.6 is 23.6 Å². The van der Waals surface area contributed by atoms with Crippen LogP contribution in [0.25, 0.3) is 11.0 Å². The molecule has 0 amide bonds. The van der Waals surface area contributed by atoms with E-state index in [-0.39, 0.29) is 0 Å². The molecular weight excluding hydrogens is 276 g/mol. The first kappa shape index (κ1) is 12.1. The zero-order valence-corrected chi connectivity index (χ0v) is 11.6. The molecule has 0 aliphatic heterocycles. The summed E-state index contributed by atoms with van der Waals surface area (Å²) in [6.07, 6.45) is 2.65. The van der Waals surface area contributed by atoms with Gasteiger partial charge in [-0.05, 0) is 30.4 Å². The Balaban J connectivity index is 2.00. The van der Waals surface area contributed by atoms with Gasteiger partial charge in [0.2, 0.25) is 0 Å². The Bertz CT molecular complexity index is 805. The minimum Gasteiger partial charge on any atom is -0.331 e. The molecule has 0 bridgehead atoms. The van der Waals surface area contributed by atoms with Crippen molar-refractivity contribution in [3.05, 3.63) is 45.1 Å². The van der Waals surface area contributed by atoms with Crippen molar-refractivity contribution in [2.75, 3.05) is 0 Å². The number of hydrogen-bond acceptors (Lipinski definition) is 4. The molecule has 0 radical (unpaired) electrons. The summed E-state index contributed by atoms with van der Waals surface area (Å²) in [5.74, 6) is 0. The topological polar surface area (TPSA) is 57.4 Å². The summed E-state index contributed by atoms with van der Waals surface area (Å²) in [5.41, 5.74) is 2.58. The Kier molecular flexibility index (Phi) is 3.15. The summed E-state index contributed by atoms with van der Waals surface area (Å²) < 4.78 is 2.70. The minimum absolute atomic E-state index is 0.643. The highest BCUT2D eigenvalue weighted by Gasteiger charge is 2.06. The number of rotatable bonds is 3. The number of imidazole rings is 1. The number of thiazole rings is 1. The lowest BCUT2D eigenvalue weighted by Crippen LogP contribution is -2.01. The molecule has 0 spiro atoms. The Morgan fingerprint density at radius 2 is 2.37 bits per heavy atom. The van der Waals surface area contributed by atoms with E-state index in [1.165, 1.54) is 0 Å². The van der Waals surface area contributed by atoms with Gasteiger partial charge in [-0.1, -0.05) is 0 Å². The standard InChI is InChI=1S/C13H10N4S2/c14-8-9-1-2-10-11(7-9)17(13(18)16-10)5-3-12-15-4-6-19-12/h1-2,4,6-7H,3,5H2,(H,16,18). The fraction of sp³-hybridized carbons (Fsp3) is 0.154. The second kappa shape index (κ2) is 4.96. The van der Waals surface area contributed by atoms with E-state index in [4.69, 9.17) is 17.5 Å². The molecule has 0 atom stereocenters. The first-order chi connectivity index (χ1) is 9.28. The van der Waals surface area contributed by atoms with Crippen LogP contribution in [-0.2, 0) is 13.0 Å². The van der Waals surface area contributed by atoms with Crippen LogP contribution in [-0.4, -0.2) is 14.5 Å². The van der Waals surface area contributed by atoms with Crippen molar-refractivity contribution in [2.24, 2.45) is 0 Å². The number of nitrogens with one attached hydrogen (secondary N) is 1. The third kappa shape index (κ3) is 2.30. The van der Waals surface area contributed by atoms with Crippen molar-refractivity contribution in [3.63, 3.8) is 0 Å². The highest BCUT2D eigenvalue weighted by molar-refractivity contribution is 7.71. The number of nitriles is 1. The highest BCUT2D eigenvalue weighted by Crippen LogP contribution is 2.17. The zero-order valence-electron chi connectivity index (χ0n) is 9.96. The average Bonchev–Trinajstić information content (AvgIpc) is 3.03. The fourth-order valence-corrected chi connectivity index (χ4v) is 2.94. The van der Waals surface area contributed by atoms with E-state index in [0.29, 0.717) is 10.3 Å². The summed E-state index contributed by atoms with van der Waals surface area (Å²) >= 11 is 6.98. The molecule has 1 aromatic carbocycles. The molecule has 4 nitrogen and oxygen atoms in total. The van der Waals surface area contributed by atoms with Crippen molar-refractivity contribution >= 4 is 34.6 Å². The molecule has 2 heterocycles. The summed E-state index contributed by atoms with van der Waals surface area (Å²) in [7, 11) is 0. The number of H-pyrrole nitrogens is 1. The first-order valence-corrected chi connectivity index (χ1v) is 7.08. The van der Waals surface area contributed by atoms with Gasteiger partial charge in [0.1, 0.15) is 0 Å². The van der Waals surface area contributed by atoms with Gasteiger partial charge in [-0.15, -0.1) is 11.3 Å². The average molecular weight is 286 g/mol. The number of hydrogen-bond donors (Lipinski definition) is 1. The predicted octanol–water partition coefficient (Wildman–Crippen LogP) is 3.27. The molecule has 3 aromatic rings. The molecule has 94 valence electrons.